The number of nitrogens with zero attached hydrogens (tertiary/aromatic N) is 1. The van der Waals surface area contributed by atoms with Crippen LogP contribution in [0.15, 0.2) is 24.3 Å². The second-order valence-electron chi connectivity index (χ2n) is 6.14. The van der Waals surface area contributed by atoms with E-state index in [9.17, 15) is 17.6 Å². The quantitative estimate of drug-likeness (QED) is 0.883. The van der Waals surface area contributed by atoms with Crippen LogP contribution in [0, 0.1) is 11.7 Å². The molecule has 7 heteroatoms. The van der Waals surface area contributed by atoms with Gasteiger partial charge in [-0.1, -0.05) is 25.1 Å². The number of hydrogen-bond acceptors (Lipinski definition) is 3. The average molecular weight is 342 g/mol. The maximum atomic E-state index is 13.6. The van der Waals surface area contributed by atoms with E-state index in [1.807, 2.05) is 0 Å². The summed E-state index contributed by atoms with van der Waals surface area (Å²) in [5.74, 6) is -0.750. The number of halogens is 1. The minimum atomic E-state index is -3.16. The second kappa shape index (κ2) is 7.40. The molecule has 1 aromatic rings. The molecule has 1 aromatic carbocycles. The molecular weight excluding hydrogens is 319 g/mol. The third kappa shape index (κ3) is 5.00. The summed E-state index contributed by atoms with van der Waals surface area (Å²) < 4.78 is 38.0. The maximum Gasteiger partial charge on any atom is 0.223 e. The van der Waals surface area contributed by atoms with E-state index >= 15 is 0 Å². The van der Waals surface area contributed by atoms with Crippen molar-refractivity contribution in [3.63, 3.8) is 0 Å². The summed E-state index contributed by atoms with van der Waals surface area (Å²) in [6.07, 6.45) is 2.75. The van der Waals surface area contributed by atoms with Crippen LogP contribution in [-0.4, -0.2) is 44.0 Å². The molecule has 1 N–H and O–H groups in total. The van der Waals surface area contributed by atoms with Gasteiger partial charge >= 0.3 is 0 Å². The Morgan fingerprint density at radius 1 is 1.35 bits per heavy atom. The molecule has 0 spiro atoms. The van der Waals surface area contributed by atoms with Crippen molar-refractivity contribution in [2.75, 3.05) is 19.3 Å². The summed E-state index contributed by atoms with van der Waals surface area (Å²) in [7, 11) is -3.16. The third-order valence-corrected chi connectivity index (χ3v) is 5.50. The van der Waals surface area contributed by atoms with Crippen LogP contribution in [0.25, 0.3) is 0 Å². The number of carbonyl (C=O) groups is 1. The number of carbonyl (C=O) groups excluding carboxylic acids is 1. The molecule has 5 nitrogen and oxygen atoms in total. The Bertz CT molecular complexity index is 655. The van der Waals surface area contributed by atoms with Crippen LogP contribution in [-0.2, 0) is 21.2 Å². The molecular formula is C16H23FN2O3S. The van der Waals surface area contributed by atoms with Crippen molar-refractivity contribution in [3.05, 3.63) is 35.6 Å². The third-order valence-electron chi connectivity index (χ3n) is 4.20. The van der Waals surface area contributed by atoms with E-state index in [-0.39, 0.29) is 23.7 Å². The summed E-state index contributed by atoms with van der Waals surface area (Å²) in [4.78, 5) is 12.2. The first-order chi connectivity index (χ1) is 10.8. The Labute approximate surface area is 136 Å². The van der Waals surface area contributed by atoms with Crippen molar-refractivity contribution in [1.82, 2.24) is 9.62 Å². The zero-order valence-corrected chi connectivity index (χ0v) is 14.3. The van der Waals surface area contributed by atoms with Crippen molar-refractivity contribution in [2.45, 2.75) is 32.2 Å². The lowest BCUT2D eigenvalue weighted by Gasteiger charge is -2.31. The number of piperidine rings is 1. The highest BCUT2D eigenvalue weighted by atomic mass is 32.2. The van der Waals surface area contributed by atoms with Gasteiger partial charge in [0.05, 0.1) is 6.26 Å². The normalized spacial score (nSPS) is 18.6. The predicted octanol–water partition coefficient (Wildman–Crippen LogP) is 1.54. The summed E-state index contributed by atoms with van der Waals surface area (Å²) in [5.41, 5.74) is 0.530. The van der Waals surface area contributed by atoms with Crippen molar-refractivity contribution in [3.8, 4) is 0 Å². The molecule has 1 amide bonds. The van der Waals surface area contributed by atoms with Crippen LogP contribution >= 0.6 is 0 Å². The minimum Gasteiger partial charge on any atom is -0.353 e. The molecule has 0 aromatic heterocycles. The molecule has 23 heavy (non-hydrogen) atoms. The summed E-state index contributed by atoms with van der Waals surface area (Å²) >= 11 is 0. The van der Waals surface area contributed by atoms with Gasteiger partial charge in [-0.05, 0) is 30.9 Å². The molecule has 1 fully saturated rings. The van der Waals surface area contributed by atoms with E-state index in [0.29, 0.717) is 37.9 Å². The Balaban J connectivity index is 1.84. The van der Waals surface area contributed by atoms with Gasteiger partial charge in [0.1, 0.15) is 5.82 Å². The SMILES string of the molecule is C[C@@H](Cc1ccccc1F)C(=O)NC1CCN(S(C)(=O)=O)CC1. The number of sulfonamides is 1. The summed E-state index contributed by atoms with van der Waals surface area (Å²) in [6, 6.07) is 6.43. The van der Waals surface area contributed by atoms with E-state index in [2.05, 4.69) is 5.32 Å². The second-order valence-corrected chi connectivity index (χ2v) is 8.12. The van der Waals surface area contributed by atoms with Crippen molar-refractivity contribution in [2.24, 2.45) is 5.92 Å². The van der Waals surface area contributed by atoms with Gasteiger partial charge in [0, 0.05) is 25.0 Å². The van der Waals surface area contributed by atoms with Gasteiger partial charge in [0.15, 0.2) is 0 Å². The lowest BCUT2D eigenvalue weighted by atomic mass is 9.98. The first-order valence-corrected chi connectivity index (χ1v) is 9.61. The average Bonchev–Trinajstić information content (AvgIpc) is 2.49. The van der Waals surface area contributed by atoms with Gasteiger partial charge < -0.3 is 5.32 Å². The molecule has 2 rings (SSSR count). The van der Waals surface area contributed by atoms with Gasteiger partial charge in [0.25, 0.3) is 0 Å². The Morgan fingerprint density at radius 3 is 2.52 bits per heavy atom. The van der Waals surface area contributed by atoms with Crippen LogP contribution in [0.2, 0.25) is 0 Å². The first kappa shape index (κ1) is 17.9. The highest BCUT2D eigenvalue weighted by Crippen LogP contribution is 2.16. The molecule has 1 atom stereocenters. The predicted molar refractivity (Wildman–Crippen MR) is 86.8 cm³/mol. The van der Waals surface area contributed by atoms with Crippen molar-refractivity contribution >= 4 is 15.9 Å². The van der Waals surface area contributed by atoms with Gasteiger partial charge in [-0.15, -0.1) is 0 Å². The smallest absolute Gasteiger partial charge is 0.223 e. The van der Waals surface area contributed by atoms with Crippen LogP contribution < -0.4 is 5.32 Å². The van der Waals surface area contributed by atoms with E-state index in [1.54, 1.807) is 25.1 Å². The van der Waals surface area contributed by atoms with Crippen molar-refractivity contribution < 1.29 is 17.6 Å². The highest BCUT2D eigenvalue weighted by Gasteiger charge is 2.27. The fourth-order valence-corrected chi connectivity index (χ4v) is 3.64. The largest absolute Gasteiger partial charge is 0.353 e. The van der Waals surface area contributed by atoms with Crippen molar-refractivity contribution in [1.29, 1.82) is 0 Å². The van der Waals surface area contributed by atoms with Gasteiger partial charge in [-0.25, -0.2) is 17.1 Å². The molecule has 0 saturated carbocycles. The molecule has 1 saturated heterocycles. The molecule has 0 bridgehead atoms. The standard InChI is InChI=1S/C16H23FN2O3S/c1-12(11-13-5-3-4-6-15(13)17)16(20)18-14-7-9-19(10-8-14)23(2,21)22/h3-6,12,14H,7-11H2,1-2H3,(H,18,20)/t12-/m0/s1. The van der Waals surface area contributed by atoms with Crippen LogP contribution in [0.1, 0.15) is 25.3 Å². The molecule has 0 unspecified atom stereocenters. The van der Waals surface area contributed by atoms with Crippen LogP contribution in [0.4, 0.5) is 4.39 Å². The molecule has 1 aliphatic heterocycles. The fraction of sp³-hybridized carbons (Fsp3) is 0.562. The van der Waals surface area contributed by atoms with Crippen LogP contribution in [0.5, 0.6) is 0 Å². The van der Waals surface area contributed by atoms with E-state index in [4.69, 9.17) is 0 Å². The Hall–Kier alpha value is -1.47. The first-order valence-electron chi connectivity index (χ1n) is 7.76. The molecule has 1 heterocycles. The number of benzene rings is 1. The lowest BCUT2D eigenvalue weighted by Crippen LogP contribution is -2.47. The maximum absolute atomic E-state index is 13.6. The van der Waals surface area contributed by atoms with E-state index in [1.165, 1.54) is 16.6 Å². The monoisotopic (exact) mass is 342 g/mol. The van der Waals surface area contributed by atoms with E-state index < -0.39 is 10.0 Å². The van der Waals surface area contributed by atoms with Gasteiger partial charge in [0.2, 0.25) is 15.9 Å². The van der Waals surface area contributed by atoms with Gasteiger partial charge in [-0.3, -0.25) is 4.79 Å². The zero-order chi connectivity index (χ0) is 17.0. The summed E-state index contributed by atoms with van der Waals surface area (Å²) in [6.45, 7) is 2.62. The summed E-state index contributed by atoms with van der Waals surface area (Å²) in [5, 5.41) is 2.95. The van der Waals surface area contributed by atoms with Gasteiger partial charge in [-0.2, -0.15) is 0 Å². The molecule has 1 aliphatic rings. The number of rotatable bonds is 5. The molecule has 0 radical (unpaired) electrons. The zero-order valence-electron chi connectivity index (χ0n) is 13.5. The number of nitrogens with one attached hydrogen (secondary N) is 1. The minimum absolute atomic E-state index is 0.0245. The Kier molecular flexibility index (Phi) is 5.75. The number of amides is 1. The number of hydrogen-bond donors (Lipinski definition) is 1. The Morgan fingerprint density at radius 2 is 1.96 bits per heavy atom. The molecule has 128 valence electrons. The fourth-order valence-electron chi connectivity index (χ4n) is 2.76. The van der Waals surface area contributed by atoms with Crippen LogP contribution in [0.3, 0.4) is 0 Å². The molecule has 0 aliphatic carbocycles. The van der Waals surface area contributed by atoms with E-state index in [0.717, 1.165) is 0 Å². The topological polar surface area (TPSA) is 66.5 Å². The highest BCUT2D eigenvalue weighted by molar-refractivity contribution is 7.88. The lowest BCUT2D eigenvalue weighted by molar-refractivity contribution is -0.125.